The van der Waals surface area contributed by atoms with E-state index in [1.807, 2.05) is 11.3 Å². The van der Waals surface area contributed by atoms with E-state index in [0.29, 0.717) is 0 Å². The number of halogens is 1. The first-order valence-corrected chi connectivity index (χ1v) is 8.11. The Labute approximate surface area is 119 Å². The molecule has 0 aliphatic carbocycles. The molecule has 0 saturated heterocycles. The van der Waals surface area contributed by atoms with Gasteiger partial charge in [0.15, 0.2) is 0 Å². The van der Waals surface area contributed by atoms with Crippen LogP contribution in [-0.2, 0) is 12.0 Å². The van der Waals surface area contributed by atoms with E-state index in [-0.39, 0.29) is 5.41 Å². The zero-order chi connectivity index (χ0) is 12.3. The molecule has 0 aliphatic heterocycles. The smallest absolute Gasteiger partial charge is 0.0327 e. The molecule has 0 spiro atoms. The summed E-state index contributed by atoms with van der Waals surface area (Å²) in [5.41, 5.74) is 0.206. The summed E-state index contributed by atoms with van der Waals surface area (Å²) in [5, 5.41) is 7.81. The Kier molecular flexibility index (Phi) is 4.42. The zero-order valence-corrected chi connectivity index (χ0v) is 13.2. The van der Waals surface area contributed by atoms with Crippen LogP contribution in [0.2, 0.25) is 0 Å². The van der Waals surface area contributed by atoms with Crippen LogP contribution in [0.3, 0.4) is 0 Å². The fourth-order valence-electron chi connectivity index (χ4n) is 1.69. The molecule has 0 amide bonds. The second kappa shape index (κ2) is 5.65. The number of hydrogen-bond donors (Lipinski definition) is 1. The molecular weight excluding hydrogens is 314 g/mol. The molecule has 2 aromatic heterocycles. The van der Waals surface area contributed by atoms with Crippen molar-refractivity contribution in [2.45, 2.75) is 25.8 Å². The van der Waals surface area contributed by atoms with Crippen molar-refractivity contribution in [1.29, 1.82) is 0 Å². The number of hydrogen-bond acceptors (Lipinski definition) is 3. The van der Waals surface area contributed by atoms with Crippen molar-refractivity contribution in [3.63, 3.8) is 0 Å². The van der Waals surface area contributed by atoms with Gasteiger partial charge >= 0.3 is 0 Å². The van der Waals surface area contributed by atoms with Gasteiger partial charge in [0.25, 0.3) is 0 Å². The maximum absolute atomic E-state index is 3.56. The normalized spacial score (nSPS) is 11.9. The van der Waals surface area contributed by atoms with Gasteiger partial charge < -0.3 is 5.32 Å². The van der Waals surface area contributed by atoms with Crippen molar-refractivity contribution in [2.24, 2.45) is 0 Å². The van der Waals surface area contributed by atoms with Crippen molar-refractivity contribution in [3.8, 4) is 0 Å². The van der Waals surface area contributed by atoms with Crippen molar-refractivity contribution in [3.05, 3.63) is 43.2 Å². The lowest BCUT2D eigenvalue weighted by Gasteiger charge is -2.23. The Morgan fingerprint density at radius 1 is 1.24 bits per heavy atom. The van der Waals surface area contributed by atoms with Gasteiger partial charge in [-0.3, -0.25) is 0 Å². The van der Waals surface area contributed by atoms with E-state index in [4.69, 9.17) is 0 Å². The first kappa shape index (κ1) is 13.3. The molecule has 92 valence electrons. The number of thiophene rings is 2. The van der Waals surface area contributed by atoms with Crippen LogP contribution in [0.1, 0.15) is 23.6 Å². The average Bonchev–Trinajstić information content (AvgIpc) is 2.90. The molecular formula is C13H16BrNS2. The van der Waals surface area contributed by atoms with Crippen LogP contribution in [0.25, 0.3) is 0 Å². The van der Waals surface area contributed by atoms with Crippen LogP contribution < -0.4 is 5.32 Å². The van der Waals surface area contributed by atoms with E-state index in [9.17, 15) is 0 Å². The molecule has 0 bridgehead atoms. The summed E-state index contributed by atoms with van der Waals surface area (Å²) in [6, 6.07) is 6.44. The fourth-order valence-corrected chi connectivity index (χ4v) is 4.00. The van der Waals surface area contributed by atoms with Crippen LogP contribution in [0.5, 0.6) is 0 Å². The minimum atomic E-state index is 0.206. The molecule has 0 radical (unpaired) electrons. The van der Waals surface area contributed by atoms with E-state index in [2.05, 4.69) is 64.1 Å². The molecule has 0 aromatic carbocycles. The minimum absolute atomic E-state index is 0.206. The summed E-state index contributed by atoms with van der Waals surface area (Å²) in [4.78, 5) is 2.81. The van der Waals surface area contributed by atoms with Gasteiger partial charge in [0.05, 0.1) is 0 Å². The van der Waals surface area contributed by atoms with E-state index in [1.54, 1.807) is 11.3 Å². The molecule has 1 nitrogen and oxygen atoms in total. The van der Waals surface area contributed by atoms with Crippen molar-refractivity contribution >= 4 is 38.6 Å². The second-order valence-electron chi connectivity index (χ2n) is 4.66. The second-order valence-corrected chi connectivity index (χ2v) is 7.46. The molecule has 2 heterocycles. The van der Waals surface area contributed by atoms with Crippen molar-refractivity contribution in [2.75, 3.05) is 6.54 Å². The van der Waals surface area contributed by atoms with Crippen LogP contribution >= 0.6 is 38.6 Å². The molecule has 0 aliphatic rings. The highest BCUT2D eigenvalue weighted by Gasteiger charge is 2.21. The predicted octanol–water partition coefficient (Wildman–Crippen LogP) is 4.64. The highest BCUT2D eigenvalue weighted by molar-refractivity contribution is 9.10. The van der Waals surface area contributed by atoms with Crippen molar-refractivity contribution < 1.29 is 0 Å². The Hall–Kier alpha value is -0.160. The van der Waals surface area contributed by atoms with Gasteiger partial charge in [-0.15, -0.1) is 22.7 Å². The average molecular weight is 330 g/mol. The highest BCUT2D eigenvalue weighted by Crippen LogP contribution is 2.27. The highest BCUT2D eigenvalue weighted by atomic mass is 79.9. The topological polar surface area (TPSA) is 12.0 Å². The minimum Gasteiger partial charge on any atom is -0.311 e. The quantitative estimate of drug-likeness (QED) is 0.842. The van der Waals surface area contributed by atoms with Gasteiger partial charge in [-0.05, 0) is 38.8 Å². The molecule has 4 heteroatoms. The van der Waals surface area contributed by atoms with Crippen molar-refractivity contribution in [1.82, 2.24) is 5.32 Å². The Morgan fingerprint density at radius 2 is 2.06 bits per heavy atom. The summed E-state index contributed by atoms with van der Waals surface area (Å²) < 4.78 is 1.21. The molecule has 2 aromatic rings. The first-order chi connectivity index (χ1) is 8.09. The lowest BCUT2D eigenvalue weighted by atomic mass is 9.91. The fraction of sp³-hybridized carbons (Fsp3) is 0.385. The number of rotatable bonds is 5. The van der Waals surface area contributed by atoms with Crippen LogP contribution in [-0.4, -0.2) is 6.54 Å². The monoisotopic (exact) mass is 329 g/mol. The van der Waals surface area contributed by atoms with E-state index >= 15 is 0 Å². The zero-order valence-electron chi connectivity index (χ0n) is 10.00. The summed E-state index contributed by atoms with van der Waals surface area (Å²) >= 11 is 7.18. The molecule has 2 rings (SSSR count). The summed E-state index contributed by atoms with van der Waals surface area (Å²) in [5.74, 6) is 0. The largest absolute Gasteiger partial charge is 0.311 e. The maximum Gasteiger partial charge on any atom is 0.0327 e. The molecule has 17 heavy (non-hydrogen) atoms. The van der Waals surface area contributed by atoms with Gasteiger partial charge in [-0.25, -0.2) is 0 Å². The van der Waals surface area contributed by atoms with E-state index in [1.165, 1.54) is 14.2 Å². The number of nitrogens with one attached hydrogen (secondary N) is 1. The Balaban J connectivity index is 1.88. The standard InChI is InChI=1S/C13H16BrNS2/c1-13(2,12-4-3-6-17-12)9-15-8-11-10(14)5-7-16-11/h3-7,15H,8-9H2,1-2H3. The SMILES string of the molecule is CC(C)(CNCc1sccc1Br)c1cccs1. The van der Waals surface area contributed by atoms with Crippen LogP contribution in [0.15, 0.2) is 33.4 Å². The third-order valence-corrected chi connectivity index (χ3v) is 5.89. The summed E-state index contributed by atoms with van der Waals surface area (Å²) in [6.07, 6.45) is 0. The van der Waals surface area contributed by atoms with Gasteiger partial charge in [0, 0.05) is 32.7 Å². The summed E-state index contributed by atoms with van der Waals surface area (Å²) in [7, 11) is 0. The molecule has 1 N–H and O–H groups in total. The Morgan fingerprint density at radius 3 is 2.65 bits per heavy atom. The van der Waals surface area contributed by atoms with Gasteiger partial charge in [-0.2, -0.15) is 0 Å². The maximum atomic E-state index is 3.56. The van der Waals surface area contributed by atoms with E-state index in [0.717, 1.165) is 13.1 Å². The predicted molar refractivity (Wildman–Crippen MR) is 81.1 cm³/mol. The molecule has 0 unspecified atom stereocenters. The van der Waals surface area contributed by atoms with E-state index < -0.39 is 0 Å². The molecule has 0 atom stereocenters. The van der Waals surface area contributed by atoms with Crippen LogP contribution in [0.4, 0.5) is 0 Å². The lowest BCUT2D eigenvalue weighted by Crippen LogP contribution is -2.31. The molecule has 0 saturated carbocycles. The summed E-state index contributed by atoms with van der Waals surface area (Å²) in [6.45, 7) is 6.51. The van der Waals surface area contributed by atoms with Gasteiger partial charge in [0.2, 0.25) is 0 Å². The third kappa shape index (κ3) is 3.41. The van der Waals surface area contributed by atoms with Gasteiger partial charge in [0.1, 0.15) is 0 Å². The third-order valence-electron chi connectivity index (χ3n) is 2.73. The van der Waals surface area contributed by atoms with Crippen LogP contribution in [0, 0.1) is 0 Å². The molecule has 0 fully saturated rings. The first-order valence-electron chi connectivity index (χ1n) is 5.56. The van der Waals surface area contributed by atoms with Gasteiger partial charge in [-0.1, -0.05) is 19.9 Å². The lowest BCUT2D eigenvalue weighted by molar-refractivity contribution is 0.478. The Bertz CT molecular complexity index is 459.